The second kappa shape index (κ2) is 6.91. The maximum atomic E-state index is 13.2. The molecule has 1 fully saturated rings. The summed E-state index contributed by atoms with van der Waals surface area (Å²) in [6, 6.07) is -0.863. The van der Waals surface area contributed by atoms with Gasteiger partial charge in [-0.3, -0.25) is 4.57 Å². The Balaban J connectivity index is 1.87. The van der Waals surface area contributed by atoms with Crippen LogP contribution in [-0.2, 0) is 17.7 Å². The first-order chi connectivity index (χ1) is 11.8. The van der Waals surface area contributed by atoms with Gasteiger partial charge >= 0.3 is 6.18 Å². The minimum Gasteiger partial charge on any atom is -0.365 e. The van der Waals surface area contributed by atoms with E-state index >= 15 is 0 Å². The molecule has 0 saturated carbocycles. The van der Waals surface area contributed by atoms with Crippen molar-refractivity contribution in [3.8, 4) is 0 Å². The molecule has 0 N–H and O–H groups in total. The normalized spacial score (nSPS) is 21.8. The average Bonchev–Trinajstić information content (AvgIpc) is 3.13. The van der Waals surface area contributed by atoms with Crippen molar-refractivity contribution in [3.05, 3.63) is 21.9 Å². The Kier molecular flexibility index (Phi) is 5.01. The number of nitrogens with zero attached hydrogens (tertiary/aromatic N) is 5. The molecule has 2 atom stereocenters. The summed E-state index contributed by atoms with van der Waals surface area (Å²) < 4.78 is 46.3. The summed E-state index contributed by atoms with van der Waals surface area (Å²) in [7, 11) is 0. The first-order valence-corrected chi connectivity index (χ1v) is 8.97. The van der Waals surface area contributed by atoms with E-state index in [-0.39, 0.29) is 6.61 Å². The molecule has 2 aromatic rings. The number of halogens is 3. The molecule has 3 heterocycles. The SMILES string of the molecule is CCn1c(Cc2nc(C)cs2)nnc1N1CCOC(C(F)(F)F)C1C. The van der Waals surface area contributed by atoms with Crippen molar-refractivity contribution in [1.82, 2.24) is 19.7 Å². The van der Waals surface area contributed by atoms with Crippen LogP contribution in [-0.4, -0.2) is 51.2 Å². The van der Waals surface area contributed by atoms with Crippen molar-refractivity contribution in [2.75, 3.05) is 18.1 Å². The van der Waals surface area contributed by atoms with Crippen molar-refractivity contribution >= 4 is 17.3 Å². The molecule has 2 aromatic heterocycles. The zero-order valence-electron chi connectivity index (χ0n) is 14.2. The molecular weight excluding hydrogens is 355 g/mol. The zero-order chi connectivity index (χ0) is 18.2. The van der Waals surface area contributed by atoms with E-state index in [0.29, 0.717) is 31.3 Å². The van der Waals surface area contributed by atoms with Crippen LogP contribution in [0.25, 0.3) is 0 Å². The van der Waals surface area contributed by atoms with Gasteiger partial charge < -0.3 is 9.64 Å². The van der Waals surface area contributed by atoms with Gasteiger partial charge in [-0.05, 0) is 20.8 Å². The molecule has 0 spiro atoms. The van der Waals surface area contributed by atoms with Crippen LogP contribution >= 0.6 is 11.3 Å². The van der Waals surface area contributed by atoms with Gasteiger partial charge in [-0.2, -0.15) is 13.2 Å². The first kappa shape index (κ1) is 18.1. The predicted octanol–water partition coefficient (Wildman–Crippen LogP) is 2.81. The lowest BCUT2D eigenvalue weighted by Gasteiger charge is -2.40. The Bertz CT molecular complexity index is 729. The zero-order valence-corrected chi connectivity index (χ0v) is 15.1. The van der Waals surface area contributed by atoms with Crippen LogP contribution in [0, 0.1) is 6.92 Å². The van der Waals surface area contributed by atoms with Crippen LogP contribution in [0.5, 0.6) is 0 Å². The molecule has 2 unspecified atom stereocenters. The first-order valence-electron chi connectivity index (χ1n) is 8.09. The van der Waals surface area contributed by atoms with Gasteiger partial charge in [0.1, 0.15) is 10.8 Å². The molecule has 0 amide bonds. The van der Waals surface area contributed by atoms with Crippen LogP contribution in [0.15, 0.2) is 5.38 Å². The van der Waals surface area contributed by atoms with Gasteiger partial charge in [0, 0.05) is 24.2 Å². The van der Waals surface area contributed by atoms with E-state index in [1.807, 2.05) is 23.8 Å². The molecular formula is C15H20F3N5OS. The lowest BCUT2D eigenvalue weighted by Crippen LogP contribution is -2.56. The van der Waals surface area contributed by atoms with E-state index < -0.39 is 18.3 Å². The Hall–Kier alpha value is -1.68. The van der Waals surface area contributed by atoms with Gasteiger partial charge in [-0.15, -0.1) is 21.5 Å². The van der Waals surface area contributed by atoms with Crippen molar-refractivity contribution in [2.24, 2.45) is 0 Å². The molecule has 138 valence electrons. The molecule has 3 rings (SSSR count). The maximum Gasteiger partial charge on any atom is 0.416 e. The number of rotatable bonds is 4. The average molecular weight is 375 g/mol. The van der Waals surface area contributed by atoms with Gasteiger partial charge in [-0.25, -0.2) is 4.98 Å². The standard InChI is InChI=1S/C15H20F3N5OS/c1-4-22-11(7-12-19-9(2)8-25-12)20-21-14(22)23-5-6-24-13(10(23)3)15(16,17)18/h8,10,13H,4-7H2,1-3H3. The van der Waals surface area contributed by atoms with Crippen LogP contribution < -0.4 is 4.90 Å². The number of hydrogen-bond acceptors (Lipinski definition) is 6. The number of aromatic nitrogens is 4. The van der Waals surface area contributed by atoms with E-state index in [2.05, 4.69) is 15.2 Å². The van der Waals surface area contributed by atoms with E-state index in [4.69, 9.17) is 4.74 Å². The Labute approximate surface area is 147 Å². The highest BCUT2D eigenvalue weighted by molar-refractivity contribution is 7.09. The molecule has 0 radical (unpaired) electrons. The molecule has 1 saturated heterocycles. The number of alkyl halides is 3. The smallest absolute Gasteiger partial charge is 0.365 e. The van der Waals surface area contributed by atoms with Crippen LogP contribution in [0.1, 0.15) is 30.4 Å². The molecule has 10 heteroatoms. The predicted molar refractivity (Wildman–Crippen MR) is 88.0 cm³/mol. The van der Waals surface area contributed by atoms with Gasteiger partial charge in [0.2, 0.25) is 5.95 Å². The van der Waals surface area contributed by atoms with Crippen molar-refractivity contribution in [3.63, 3.8) is 0 Å². The second-order valence-electron chi connectivity index (χ2n) is 5.99. The third kappa shape index (κ3) is 3.64. The fourth-order valence-corrected chi connectivity index (χ4v) is 3.82. The third-order valence-corrected chi connectivity index (χ3v) is 5.21. The summed E-state index contributed by atoms with van der Waals surface area (Å²) in [5.74, 6) is 1.16. The lowest BCUT2D eigenvalue weighted by molar-refractivity contribution is -0.231. The molecule has 25 heavy (non-hydrogen) atoms. The Morgan fingerprint density at radius 2 is 2.12 bits per heavy atom. The van der Waals surface area contributed by atoms with E-state index in [1.165, 1.54) is 18.3 Å². The highest BCUT2D eigenvalue weighted by Gasteiger charge is 2.48. The lowest BCUT2D eigenvalue weighted by atomic mass is 10.1. The molecule has 0 aromatic carbocycles. The number of hydrogen-bond donors (Lipinski definition) is 0. The molecule has 6 nitrogen and oxygen atoms in total. The Morgan fingerprint density at radius 1 is 1.36 bits per heavy atom. The minimum absolute atomic E-state index is 0.00605. The van der Waals surface area contributed by atoms with Gasteiger partial charge in [0.25, 0.3) is 0 Å². The molecule has 1 aliphatic rings. The number of morpholine rings is 1. The summed E-state index contributed by atoms with van der Waals surface area (Å²) in [6.45, 7) is 6.28. The van der Waals surface area contributed by atoms with Crippen LogP contribution in [0.2, 0.25) is 0 Å². The third-order valence-electron chi connectivity index (χ3n) is 4.24. The van der Waals surface area contributed by atoms with Gasteiger partial charge in [-0.1, -0.05) is 0 Å². The topological polar surface area (TPSA) is 56.1 Å². The largest absolute Gasteiger partial charge is 0.416 e. The maximum absolute atomic E-state index is 13.2. The highest BCUT2D eigenvalue weighted by Crippen LogP contribution is 2.32. The highest BCUT2D eigenvalue weighted by atomic mass is 32.1. The molecule has 1 aliphatic heterocycles. The summed E-state index contributed by atoms with van der Waals surface area (Å²) in [4.78, 5) is 6.05. The quantitative estimate of drug-likeness (QED) is 0.823. The summed E-state index contributed by atoms with van der Waals surface area (Å²) in [5, 5.41) is 11.2. The number of ether oxygens (including phenoxy) is 1. The van der Waals surface area contributed by atoms with Crippen molar-refractivity contribution in [2.45, 2.75) is 52.1 Å². The van der Waals surface area contributed by atoms with Crippen LogP contribution in [0.4, 0.5) is 19.1 Å². The minimum atomic E-state index is -4.41. The fourth-order valence-electron chi connectivity index (χ4n) is 3.05. The summed E-state index contributed by atoms with van der Waals surface area (Å²) in [6.07, 6.45) is -5.72. The second-order valence-corrected chi connectivity index (χ2v) is 6.93. The van der Waals surface area contributed by atoms with Gasteiger partial charge in [0.15, 0.2) is 6.10 Å². The number of anilines is 1. The van der Waals surface area contributed by atoms with E-state index in [9.17, 15) is 13.2 Å². The fraction of sp³-hybridized carbons (Fsp3) is 0.667. The molecule has 0 aliphatic carbocycles. The monoisotopic (exact) mass is 375 g/mol. The summed E-state index contributed by atoms with van der Waals surface area (Å²) >= 11 is 1.54. The summed E-state index contributed by atoms with van der Waals surface area (Å²) in [5.41, 5.74) is 0.942. The molecule has 0 bridgehead atoms. The van der Waals surface area contributed by atoms with Gasteiger partial charge in [0.05, 0.1) is 19.1 Å². The van der Waals surface area contributed by atoms with E-state index in [1.54, 1.807) is 4.90 Å². The number of aryl methyl sites for hydroxylation is 1. The van der Waals surface area contributed by atoms with Crippen LogP contribution in [0.3, 0.4) is 0 Å². The van der Waals surface area contributed by atoms with Crippen molar-refractivity contribution in [1.29, 1.82) is 0 Å². The Morgan fingerprint density at radius 3 is 2.72 bits per heavy atom. The van der Waals surface area contributed by atoms with E-state index in [0.717, 1.165) is 10.7 Å². The number of thiazole rings is 1. The van der Waals surface area contributed by atoms with Crippen molar-refractivity contribution < 1.29 is 17.9 Å².